The third-order valence-corrected chi connectivity index (χ3v) is 1.66. The molecule has 1 amide bonds. The van der Waals surface area contributed by atoms with Crippen molar-refractivity contribution in [3.05, 3.63) is 11.4 Å². The second-order valence-corrected chi connectivity index (χ2v) is 2.76. The minimum atomic E-state index is -2.58. The number of hydrogen-bond donors (Lipinski definition) is 1. The van der Waals surface area contributed by atoms with E-state index in [4.69, 9.17) is 10.5 Å². The summed E-state index contributed by atoms with van der Waals surface area (Å²) in [6.07, 6.45) is -2.58. The van der Waals surface area contributed by atoms with Gasteiger partial charge in [-0.25, -0.2) is 13.5 Å². The molecule has 0 atom stereocenters. The standard InChI is InChI=1S/C7H10F2N4O2/c1-15-3-4-6(7(10)14)11-12-13(4)2-5(8)9/h5H,2-3H2,1H3,(H2,10,14). The van der Waals surface area contributed by atoms with Crippen molar-refractivity contribution in [1.29, 1.82) is 0 Å². The first-order valence-corrected chi connectivity index (χ1v) is 4.05. The average molecular weight is 220 g/mol. The second kappa shape index (κ2) is 4.78. The summed E-state index contributed by atoms with van der Waals surface area (Å²) in [7, 11) is 1.37. The highest BCUT2D eigenvalue weighted by atomic mass is 19.3. The number of halogens is 2. The maximum Gasteiger partial charge on any atom is 0.271 e. The number of methoxy groups -OCH3 is 1. The minimum absolute atomic E-state index is 0.0437. The summed E-state index contributed by atoms with van der Waals surface area (Å²) in [6, 6.07) is 0. The number of primary amides is 1. The molecule has 6 nitrogen and oxygen atoms in total. The molecule has 8 heteroatoms. The Balaban J connectivity index is 3.00. The molecule has 0 unspecified atom stereocenters. The molecule has 0 aliphatic rings. The van der Waals surface area contributed by atoms with Crippen molar-refractivity contribution < 1.29 is 18.3 Å². The predicted octanol–water partition coefficient (Wildman–Crippen LogP) is -0.212. The van der Waals surface area contributed by atoms with Crippen LogP contribution in [0.25, 0.3) is 0 Å². The molecule has 0 saturated carbocycles. The topological polar surface area (TPSA) is 83.0 Å². The Morgan fingerprint density at radius 2 is 2.33 bits per heavy atom. The van der Waals surface area contributed by atoms with Crippen molar-refractivity contribution in [3.8, 4) is 0 Å². The molecule has 0 saturated heterocycles. The lowest BCUT2D eigenvalue weighted by Gasteiger charge is -2.04. The zero-order valence-corrected chi connectivity index (χ0v) is 7.98. The van der Waals surface area contributed by atoms with Gasteiger partial charge in [0.1, 0.15) is 6.54 Å². The summed E-state index contributed by atoms with van der Waals surface area (Å²) in [4.78, 5) is 10.9. The van der Waals surface area contributed by atoms with Gasteiger partial charge in [0, 0.05) is 7.11 Å². The molecule has 0 radical (unpaired) electrons. The average Bonchev–Trinajstić information content (AvgIpc) is 2.48. The number of carbonyl (C=O) groups excluding carboxylic acids is 1. The van der Waals surface area contributed by atoms with E-state index < -0.39 is 18.9 Å². The van der Waals surface area contributed by atoms with E-state index in [1.807, 2.05) is 0 Å². The third-order valence-electron chi connectivity index (χ3n) is 1.66. The lowest BCUT2D eigenvalue weighted by atomic mass is 10.3. The van der Waals surface area contributed by atoms with E-state index in [0.29, 0.717) is 0 Å². The Kier molecular flexibility index (Phi) is 3.67. The zero-order chi connectivity index (χ0) is 11.4. The van der Waals surface area contributed by atoms with Gasteiger partial charge in [-0.15, -0.1) is 5.10 Å². The van der Waals surface area contributed by atoms with Crippen molar-refractivity contribution in [2.45, 2.75) is 19.6 Å². The number of rotatable bonds is 5. The number of ether oxygens (including phenoxy) is 1. The van der Waals surface area contributed by atoms with Gasteiger partial charge in [0.2, 0.25) is 0 Å². The van der Waals surface area contributed by atoms with Crippen LogP contribution in [-0.2, 0) is 17.9 Å². The van der Waals surface area contributed by atoms with Crippen molar-refractivity contribution in [3.63, 3.8) is 0 Å². The van der Waals surface area contributed by atoms with E-state index in [-0.39, 0.29) is 18.0 Å². The van der Waals surface area contributed by atoms with Gasteiger partial charge in [0.05, 0.1) is 12.3 Å². The summed E-state index contributed by atoms with van der Waals surface area (Å²) < 4.78 is 29.9. The first-order chi connectivity index (χ1) is 7.06. The van der Waals surface area contributed by atoms with Gasteiger partial charge in [-0.2, -0.15) is 0 Å². The Morgan fingerprint density at radius 1 is 1.67 bits per heavy atom. The van der Waals surface area contributed by atoms with Crippen LogP contribution in [0.15, 0.2) is 0 Å². The van der Waals surface area contributed by atoms with Gasteiger partial charge in [-0.1, -0.05) is 5.21 Å². The van der Waals surface area contributed by atoms with Gasteiger partial charge in [-0.05, 0) is 0 Å². The molecule has 0 fully saturated rings. The van der Waals surface area contributed by atoms with Crippen molar-refractivity contribution >= 4 is 5.91 Å². The van der Waals surface area contributed by atoms with Gasteiger partial charge in [0.15, 0.2) is 5.69 Å². The fraction of sp³-hybridized carbons (Fsp3) is 0.571. The largest absolute Gasteiger partial charge is 0.378 e. The van der Waals surface area contributed by atoms with E-state index in [2.05, 4.69) is 10.3 Å². The molecule has 0 aliphatic heterocycles. The number of aromatic nitrogens is 3. The Bertz CT molecular complexity index is 353. The maximum atomic E-state index is 12.1. The number of hydrogen-bond acceptors (Lipinski definition) is 4. The number of alkyl halides is 2. The fourth-order valence-corrected chi connectivity index (χ4v) is 1.08. The van der Waals surface area contributed by atoms with Crippen LogP contribution in [0.2, 0.25) is 0 Å². The van der Waals surface area contributed by atoms with Crippen LogP contribution in [0, 0.1) is 0 Å². The molecule has 1 rings (SSSR count). The van der Waals surface area contributed by atoms with Crippen LogP contribution < -0.4 is 5.73 Å². The highest BCUT2D eigenvalue weighted by molar-refractivity contribution is 5.91. The van der Waals surface area contributed by atoms with Crippen molar-refractivity contribution in [2.75, 3.05) is 7.11 Å². The number of amides is 1. The summed E-state index contributed by atoms with van der Waals surface area (Å²) >= 11 is 0. The lowest BCUT2D eigenvalue weighted by molar-refractivity contribution is 0.0984. The first kappa shape index (κ1) is 11.5. The third kappa shape index (κ3) is 2.69. The number of carbonyl (C=O) groups is 1. The number of nitrogens with two attached hydrogens (primary N) is 1. The molecule has 1 heterocycles. The fourth-order valence-electron chi connectivity index (χ4n) is 1.08. The monoisotopic (exact) mass is 220 g/mol. The predicted molar refractivity (Wildman–Crippen MR) is 45.3 cm³/mol. The van der Waals surface area contributed by atoms with Gasteiger partial charge in [0.25, 0.3) is 12.3 Å². The zero-order valence-electron chi connectivity index (χ0n) is 7.98. The molecular weight excluding hydrogens is 210 g/mol. The molecule has 1 aromatic heterocycles. The van der Waals surface area contributed by atoms with Crippen molar-refractivity contribution in [1.82, 2.24) is 15.0 Å². The van der Waals surface area contributed by atoms with Gasteiger partial charge < -0.3 is 10.5 Å². The molecule has 2 N–H and O–H groups in total. The molecule has 15 heavy (non-hydrogen) atoms. The van der Waals surface area contributed by atoms with E-state index in [1.165, 1.54) is 7.11 Å². The summed E-state index contributed by atoms with van der Waals surface area (Å²) in [6.45, 7) is -0.684. The normalized spacial score (nSPS) is 10.9. The second-order valence-electron chi connectivity index (χ2n) is 2.76. The Labute approximate surface area is 84.0 Å². The molecule has 0 aliphatic carbocycles. The Morgan fingerprint density at radius 3 is 2.80 bits per heavy atom. The molecule has 1 aromatic rings. The molecule has 84 valence electrons. The van der Waals surface area contributed by atoms with Crippen LogP contribution >= 0.6 is 0 Å². The molecular formula is C7H10F2N4O2. The molecule has 0 aromatic carbocycles. The van der Waals surface area contributed by atoms with Crippen LogP contribution in [0.3, 0.4) is 0 Å². The minimum Gasteiger partial charge on any atom is -0.378 e. The van der Waals surface area contributed by atoms with Crippen LogP contribution in [0.4, 0.5) is 8.78 Å². The highest BCUT2D eigenvalue weighted by Gasteiger charge is 2.19. The van der Waals surface area contributed by atoms with E-state index in [0.717, 1.165) is 4.68 Å². The summed E-state index contributed by atoms with van der Waals surface area (Å²) in [5, 5.41) is 6.81. The van der Waals surface area contributed by atoms with Gasteiger partial charge >= 0.3 is 0 Å². The Hall–Kier alpha value is -1.57. The van der Waals surface area contributed by atoms with E-state index in [9.17, 15) is 13.6 Å². The SMILES string of the molecule is COCc1c(C(N)=O)nnn1CC(F)F. The van der Waals surface area contributed by atoms with Crippen LogP contribution in [0.1, 0.15) is 16.2 Å². The smallest absolute Gasteiger partial charge is 0.271 e. The maximum absolute atomic E-state index is 12.1. The lowest BCUT2D eigenvalue weighted by Crippen LogP contribution is -2.17. The highest BCUT2D eigenvalue weighted by Crippen LogP contribution is 2.08. The van der Waals surface area contributed by atoms with Crippen LogP contribution in [-0.4, -0.2) is 34.4 Å². The first-order valence-electron chi connectivity index (χ1n) is 4.05. The van der Waals surface area contributed by atoms with Gasteiger partial charge in [-0.3, -0.25) is 4.79 Å². The number of nitrogens with zero attached hydrogens (tertiary/aromatic N) is 3. The summed E-state index contributed by atoms with van der Waals surface area (Å²) in [5.41, 5.74) is 5.01. The van der Waals surface area contributed by atoms with Crippen LogP contribution in [0.5, 0.6) is 0 Å². The molecule has 0 spiro atoms. The van der Waals surface area contributed by atoms with E-state index in [1.54, 1.807) is 0 Å². The van der Waals surface area contributed by atoms with E-state index >= 15 is 0 Å². The molecule has 0 bridgehead atoms. The summed E-state index contributed by atoms with van der Waals surface area (Å²) in [5.74, 6) is -0.817. The van der Waals surface area contributed by atoms with Crippen molar-refractivity contribution in [2.24, 2.45) is 5.73 Å². The quantitative estimate of drug-likeness (QED) is 0.744.